The number of sulfonamides is 1. The van der Waals surface area contributed by atoms with Crippen molar-refractivity contribution >= 4 is 21.6 Å². The van der Waals surface area contributed by atoms with Gasteiger partial charge in [-0.15, -0.1) is 0 Å². The third-order valence-corrected chi connectivity index (χ3v) is 6.31. The molecular formula is C19H22N2O4S. The number of amides is 1. The van der Waals surface area contributed by atoms with Gasteiger partial charge in [0.05, 0.1) is 7.11 Å². The zero-order chi connectivity index (χ0) is 18.6. The molecule has 2 aromatic rings. The van der Waals surface area contributed by atoms with Gasteiger partial charge in [-0.25, -0.2) is 8.42 Å². The van der Waals surface area contributed by atoms with Crippen LogP contribution in [0.15, 0.2) is 53.4 Å². The van der Waals surface area contributed by atoms with Crippen LogP contribution in [0.5, 0.6) is 5.75 Å². The highest BCUT2D eigenvalue weighted by Gasteiger charge is 2.29. The molecule has 1 N–H and O–H groups in total. The molecule has 0 radical (unpaired) electrons. The number of hydrogen-bond donors (Lipinski definition) is 1. The van der Waals surface area contributed by atoms with Crippen LogP contribution in [0.25, 0.3) is 0 Å². The third kappa shape index (κ3) is 3.89. The summed E-state index contributed by atoms with van der Waals surface area (Å²) in [6.07, 6.45) is 2.74. The maximum Gasteiger partial charge on any atom is 0.255 e. The van der Waals surface area contributed by atoms with E-state index in [0.29, 0.717) is 24.3 Å². The van der Waals surface area contributed by atoms with Gasteiger partial charge in [0, 0.05) is 24.3 Å². The smallest absolute Gasteiger partial charge is 0.255 e. The predicted octanol–water partition coefficient (Wildman–Crippen LogP) is 3.12. The molecule has 6 nitrogen and oxygen atoms in total. The molecule has 2 aromatic carbocycles. The van der Waals surface area contributed by atoms with E-state index in [4.69, 9.17) is 4.74 Å². The van der Waals surface area contributed by atoms with Gasteiger partial charge in [0.25, 0.3) is 5.91 Å². The monoisotopic (exact) mass is 374 g/mol. The minimum absolute atomic E-state index is 0.0766. The van der Waals surface area contributed by atoms with E-state index in [0.717, 1.165) is 19.3 Å². The van der Waals surface area contributed by atoms with Gasteiger partial charge in [-0.3, -0.25) is 4.79 Å². The van der Waals surface area contributed by atoms with E-state index in [1.165, 1.54) is 17.5 Å². The average Bonchev–Trinajstić information content (AvgIpc) is 2.69. The van der Waals surface area contributed by atoms with Crippen molar-refractivity contribution in [2.24, 2.45) is 0 Å². The SMILES string of the molecule is COc1ccc(NC(=O)c2ccccc2)cc1S(=O)(=O)N1CCCCC1. The second-order valence-electron chi connectivity index (χ2n) is 6.15. The van der Waals surface area contributed by atoms with Gasteiger partial charge in [-0.1, -0.05) is 24.6 Å². The molecule has 26 heavy (non-hydrogen) atoms. The summed E-state index contributed by atoms with van der Waals surface area (Å²) in [5, 5.41) is 2.75. The summed E-state index contributed by atoms with van der Waals surface area (Å²) in [5.74, 6) is -0.0228. The van der Waals surface area contributed by atoms with Crippen molar-refractivity contribution in [1.82, 2.24) is 4.31 Å². The van der Waals surface area contributed by atoms with Crippen LogP contribution in [0.2, 0.25) is 0 Å². The van der Waals surface area contributed by atoms with Gasteiger partial charge in [-0.2, -0.15) is 4.31 Å². The number of anilines is 1. The molecule has 0 saturated carbocycles. The van der Waals surface area contributed by atoms with Crippen LogP contribution in [0, 0.1) is 0 Å². The molecule has 1 saturated heterocycles. The Kier molecular flexibility index (Phi) is 5.58. The zero-order valence-electron chi connectivity index (χ0n) is 14.6. The van der Waals surface area contributed by atoms with E-state index in [2.05, 4.69) is 5.32 Å². The Bertz CT molecular complexity index is 876. The van der Waals surface area contributed by atoms with Crippen LogP contribution >= 0.6 is 0 Å². The number of nitrogens with one attached hydrogen (secondary N) is 1. The first kappa shape index (κ1) is 18.4. The number of piperidine rings is 1. The largest absolute Gasteiger partial charge is 0.495 e. The van der Waals surface area contributed by atoms with Crippen molar-refractivity contribution in [3.05, 3.63) is 54.1 Å². The van der Waals surface area contributed by atoms with Gasteiger partial charge in [0.2, 0.25) is 10.0 Å². The predicted molar refractivity (Wildman–Crippen MR) is 100.0 cm³/mol. The van der Waals surface area contributed by atoms with E-state index in [1.54, 1.807) is 36.4 Å². The number of hydrogen-bond acceptors (Lipinski definition) is 4. The fourth-order valence-corrected chi connectivity index (χ4v) is 4.69. The van der Waals surface area contributed by atoms with Crippen LogP contribution in [0.4, 0.5) is 5.69 Å². The molecule has 7 heteroatoms. The maximum atomic E-state index is 13.0. The minimum atomic E-state index is -3.67. The topological polar surface area (TPSA) is 75.7 Å². The molecule has 0 bridgehead atoms. The van der Waals surface area contributed by atoms with E-state index in [9.17, 15) is 13.2 Å². The molecule has 0 atom stereocenters. The molecule has 3 rings (SSSR count). The average molecular weight is 374 g/mol. The quantitative estimate of drug-likeness (QED) is 0.872. The number of carbonyl (C=O) groups is 1. The van der Waals surface area contributed by atoms with Gasteiger partial charge in [0.15, 0.2) is 0 Å². The van der Waals surface area contributed by atoms with Crippen LogP contribution in [-0.2, 0) is 10.0 Å². The van der Waals surface area contributed by atoms with E-state index < -0.39 is 10.0 Å². The molecule has 1 heterocycles. The van der Waals surface area contributed by atoms with Crippen LogP contribution in [-0.4, -0.2) is 38.8 Å². The lowest BCUT2D eigenvalue weighted by Crippen LogP contribution is -2.35. The molecule has 0 aromatic heterocycles. The van der Waals surface area contributed by atoms with Crippen molar-refractivity contribution < 1.29 is 17.9 Å². The van der Waals surface area contributed by atoms with Crippen molar-refractivity contribution in [3.63, 3.8) is 0 Å². The molecule has 1 amide bonds. The first-order valence-corrected chi connectivity index (χ1v) is 10.0. The molecule has 0 aliphatic carbocycles. The highest BCUT2D eigenvalue weighted by molar-refractivity contribution is 7.89. The van der Waals surface area contributed by atoms with Gasteiger partial charge in [0.1, 0.15) is 10.6 Å². The van der Waals surface area contributed by atoms with Gasteiger partial charge < -0.3 is 10.1 Å². The number of nitrogens with zero attached hydrogens (tertiary/aromatic N) is 1. The Morgan fingerprint density at radius 3 is 2.38 bits per heavy atom. The van der Waals surface area contributed by atoms with Crippen molar-refractivity contribution in [1.29, 1.82) is 0 Å². The summed E-state index contributed by atoms with van der Waals surface area (Å²) < 4.78 is 32.7. The summed E-state index contributed by atoms with van der Waals surface area (Å²) in [4.78, 5) is 12.4. The Hall–Kier alpha value is -2.38. The second-order valence-corrected chi connectivity index (χ2v) is 8.06. The normalized spacial score (nSPS) is 15.4. The minimum Gasteiger partial charge on any atom is -0.495 e. The molecule has 0 spiro atoms. The lowest BCUT2D eigenvalue weighted by Gasteiger charge is -2.26. The van der Waals surface area contributed by atoms with Gasteiger partial charge in [-0.05, 0) is 43.2 Å². The maximum absolute atomic E-state index is 13.0. The molecular weight excluding hydrogens is 352 g/mol. The Morgan fingerprint density at radius 1 is 1.04 bits per heavy atom. The Balaban J connectivity index is 1.90. The fraction of sp³-hybridized carbons (Fsp3) is 0.316. The second kappa shape index (κ2) is 7.88. The van der Waals surface area contributed by atoms with E-state index >= 15 is 0 Å². The zero-order valence-corrected chi connectivity index (χ0v) is 15.5. The summed E-state index contributed by atoms with van der Waals surface area (Å²) in [6.45, 7) is 1.01. The molecule has 0 unspecified atom stereocenters. The fourth-order valence-electron chi connectivity index (χ4n) is 2.99. The standard InChI is InChI=1S/C19H22N2O4S/c1-25-17-11-10-16(20-19(22)15-8-4-2-5-9-15)14-18(17)26(23,24)21-12-6-3-7-13-21/h2,4-5,8-11,14H,3,6-7,12-13H2,1H3,(H,20,22). The van der Waals surface area contributed by atoms with Crippen molar-refractivity contribution in [2.45, 2.75) is 24.2 Å². The van der Waals surface area contributed by atoms with Crippen LogP contribution in [0.1, 0.15) is 29.6 Å². The summed E-state index contributed by atoms with van der Waals surface area (Å²) >= 11 is 0. The number of methoxy groups -OCH3 is 1. The van der Waals surface area contributed by atoms with Crippen LogP contribution in [0.3, 0.4) is 0 Å². The highest BCUT2D eigenvalue weighted by Crippen LogP contribution is 2.31. The molecule has 1 fully saturated rings. The third-order valence-electron chi connectivity index (χ3n) is 4.39. The van der Waals surface area contributed by atoms with E-state index in [-0.39, 0.29) is 16.6 Å². The summed E-state index contributed by atoms with van der Waals surface area (Å²) in [7, 11) is -2.23. The first-order chi connectivity index (χ1) is 12.5. The van der Waals surface area contributed by atoms with Crippen molar-refractivity contribution in [2.75, 3.05) is 25.5 Å². The molecule has 1 aliphatic rings. The number of benzene rings is 2. The molecule has 1 aliphatic heterocycles. The summed E-state index contributed by atoms with van der Waals surface area (Å²) in [5.41, 5.74) is 0.916. The lowest BCUT2D eigenvalue weighted by atomic mass is 10.2. The van der Waals surface area contributed by atoms with Gasteiger partial charge >= 0.3 is 0 Å². The Labute approximate surface area is 153 Å². The lowest BCUT2D eigenvalue weighted by molar-refractivity contribution is 0.102. The first-order valence-electron chi connectivity index (χ1n) is 8.57. The van der Waals surface area contributed by atoms with Crippen molar-refractivity contribution in [3.8, 4) is 5.75 Å². The number of carbonyl (C=O) groups excluding carboxylic acids is 1. The summed E-state index contributed by atoms with van der Waals surface area (Å²) in [6, 6.07) is 13.4. The van der Waals surface area contributed by atoms with E-state index in [1.807, 2.05) is 6.07 Å². The Morgan fingerprint density at radius 2 is 1.73 bits per heavy atom. The molecule has 138 valence electrons. The van der Waals surface area contributed by atoms with Crippen LogP contribution < -0.4 is 10.1 Å². The number of ether oxygens (including phenoxy) is 1. The number of rotatable bonds is 5. The highest BCUT2D eigenvalue weighted by atomic mass is 32.2.